The van der Waals surface area contributed by atoms with E-state index in [0.717, 1.165) is 38.0 Å². The fourth-order valence-electron chi connectivity index (χ4n) is 4.23. The number of carbonyl (C=O) groups excluding carboxylic acids is 2. The van der Waals surface area contributed by atoms with Crippen LogP contribution in [0.15, 0.2) is 60.7 Å². The lowest BCUT2D eigenvalue weighted by molar-refractivity contribution is -0.142. The Labute approximate surface area is 166 Å². The molecule has 146 valence electrons. The quantitative estimate of drug-likeness (QED) is 0.823. The number of hydrogen-bond donors (Lipinski definition) is 0. The van der Waals surface area contributed by atoms with Gasteiger partial charge >= 0.3 is 0 Å². The minimum absolute atomic E-state index is 0.00350. The van der Waals surface area contributed by atoms with Crippen molar-refractivity contribution >= 4 is 17.5 Å². The summed E-state index contributed by atoms with van der Waals surface area (Å²) in [6.45, 7) is 3.04. The molecule has 0 spiro atoms. The number of piperazine rings is 1. The van der Waals surface area contributed by atoms with Crippen LogP contribution in [0.25, 0.3) is 0 Å². The lowest BCUT2D eigenvalue weighted by Crippen LogP contribution is -2.57. The minimum Gasteiger partial charge on any atom is -0.330 e. The molecule has 2 aliphatic rings. The first-order valence-electron chi connectivity index (χ1n) is 10.1. The van der Waals surface area contributed by atoms with Gasteiger partial charge in [0.25, 0.3) is 0 Å². The van der Waals surface area contributed by atoms with Crippen LogP contribution in [0.3, 0.4) is 0 Å². The van der Waals surface area contributed by atoms with Gasteiger partial charge in [-0.15, -0.1) is 0 Å². The van der Waals surface area contributed by atoms with Gasteiger partial charge in [0, 0.05) is 25.3 Å². The Morgan fingerprint density at radius 2 is 1.61 bits per heavy atom. The standard InChI is InChI=1S/C23H27N3O2/c27-22-18-25(15-16-26(22)20-11-5-2-6-12-20)23(28)21-13-7-8-14-24(21)17-19-9-3-1-4-10-19/h1-6,9-12,21H,7-8,13-18H2/t21-/m1/s1. The number of para-hydroxylation sites is 1. The average molecular weight is 377 g/mol. The van der Waals surface area contributed by atoms with Crippen LogP contribution in [-0.4, -0.2) is 53.8 Å². The average Bonchev–Trinajstić information content (AvgIpc) is 2.75. The van der Waals surface area contributed by atoms with Gasteiger partial charge < -0.3 is 9.80 Å². The number of rotatable bonds is 4. The summed E-state index contributed by atoms with van der Waals surface area (Å²) in [5, 5.41) is 0. The summed E-state index contributed by atoms with van der Waals surface area (Å²) in [6, 6.07) is 19.9. The lowest BCUT2D eigenvalue weighted by atomic mass is 9.99. The predicted molar refractivity (Wildman–Crippen MR) is 110 cm³/mol. The van der Waals surface area contributed by atoms with Crippen molar-refractivity contribution in [3.8, 4) is 0 Å². The molecule has 0 radical (unpaired) electrons. The molecule has 2 aliphatic heterocycles. The number of amides is 2. The zero-order chi connectivity index (χ0) is 19.3. The van der Waals surface area contributed by atoms with Crippen molar-refractivity contribution in [1.82, 2.24) is 9.80 Å². The molecule has 0 N–H and O–H groups in total. The summed E-state index contributed by atoms with van der Waals surface area (Å²) in [5.74, 6) is 0.105. The zero-order valence-corrected chi connectivity index (χ0v) is 16.2. The van der Waals surface area contributed by atoms with Gasteiger partial charge in [0.2, 0.25) is 11.8 Å². The van der Waals surface area contributed by atoms with E-state index in [1.165, 1.54) is 5.56 Å². The van der Waals surface area contributed by atoms with E-state index in [1.54, 1.807) is 9.80 Å². The van der Waals surface area contributed by atoms with Gasteiger partial charge in [0.1, 0.15) is 6.54 Å². The number of nitrogens with zero attached hydrogens (tertiary/aromatic N) is 3. The number of hydrogen-bond acceptors (Lipinski definition) is 3. The Morgan fingerprint density at radius 1 is 0.893 bits per heavy atom. The van der Waals surface area contributed by atoms with E-state index < -0.39 is 0 Å². The normalized spacial score (nSPS) is 21.0. The Hall–Kier alpha value is -2.66. The molecule has 0 saturated carbocycles. The lowest BCUT2D eigenvalue weighted by Gasteiger charge is -2.40. The molecule has 28 heavy (non-hydrogen) atoms. The number of benzene rings is 2. The molecule has 4 rings (SSSR count). The van der Waals surface area contributed by atoms with Gasteiger partial charge in [-0.05, 0) is 37.1 Å². The van der Waals surface area contributed by atoms with Gasteiger partial charge in [0.15, 0.2) is 0 Å². The van der Waals surface area contributed by atoms with Crippen molar-refractivity contribution in [2.75, 3.05) is 31.1 Å². The highest BCUT2D eigenvalue weighted by atomic mass is 16.2. The Morgan fingerprint density at radius 3 is 2.32 bits per heavy atom. The number of piperidine rings is 1. The highest BCUT2D eigenvalue weighted by Crippen LogP contribution is 2.23. The molecule has 2 aromatic carbocycles. The van der Waals surface area contributed by atoms with E-state index in [4.69, 9.17) is 0 Å². The van der Waals surface area contributed by atoms with Crippen LogP contribution in [0.1, 0.15) is 24.8 Å². The first-order valence-corrected chi connectivity index (χ1v) is 10.1. The summed E-state index contributed by atoms with van der Waals surface area (Å²) in [6.07, 6.45) is 3.07. The second-order valence-electron chi connectivity index (χ2n) is 7.61. The summed E-state index contributed by atoms with van der Waals surface area (Å²) >= 11 is 0. The molecule has 0 unspecified atom stereocenters. The minimum atomic E-state index is -0.120. The van der Waals surface area contributed by atoms with Crippen molar-refractivity contribution in [2.24, 2.45) is 0 Å². The Balaban J connectivity index is 1.42. The number of anilines is 1. The Kier molecular flexibility index (Phi) is 5.72. The van der Waals surface area contributed by atoms with E-state index in [2.05, 4.69) is 17.0 Å². The van der Waals surface area contributed by atoms with Gasteiger partial charge in [-0.1, -0.05) is 55.0 Å². The van der Waals surface area contributed by atoms with Crippen LogP contribution in [0, 0.1) is 0 Å². The van der Waals surface area contributed by atoms with Crippen LogP contribution in [0.5, 0.6) is 0 Å². The fraction of sp³-hybridized carbons (Fsp3) is 0.391. The van der Waals surface area contributed by atoms with Crippen LogP contribution < -0.4 is 4.90 Å². The van der Waals surface area contributed by atoms with Gasteiger partial charge in [-0.2, -0.15) is 0 Å². The molecule has 5 nitrogen and oxygen atoms in total. The smallest absolute Gasteiger partial charge is 0.246 e. The van der Waals surface area contributed by atoms with Crippen LogP contribution >= 0.6 is 0 Å². The largest absolute Gasteiger partial charge is 0.330 e. The van der Waals surface area contributed by atoms with Gasteiger partial charge in [-0.3, -0.25) is 14.5 Å². The predicted octanol–water partition coefficient (Wildman–Crippen LogP) is 2.92. The Bertz CT molecular complexity index is 809. The van der Waals surface area contributed by atoms with Crippen LogP contribution in [0.4, 0.5) is 5.69 Å². The maximum atomic E-state index is 13.3. The van der Waals surface area contributed by atoms with E-state index >= 15 is 0 Å². The maximum Gasteiger partial charge on any atom is 0.246 e. The van der Waals surface area contributed by atoms with E-state index in [1.807, 2.05) is 48.5 Å². The van der Waals surface area contributed by atoms with E-state index in [0.29, 0.717) is 13.1 Å². The molecule has 2 saturated heterocycles. The molecule has 5 heteroatoms. The third-order valence-electron chi connectivity index (χ3n) is 5.73. The van der Waals surface area contributed by atoms with Crippen LogP contribution in [-0.2, 0) is 16.1 Å². The maximum absolute atomic E-state index is 13.3. The summed E-state index contributed by atoms with van der Waals surface area (Å²) in [4.78, 5) is 31.8. The van der Waals surface area contributed by atoms with Crippen LogP contribution in [0.2, 0.25) is 0 Å². The molecule has 2 fully saturated rings. The summed E-state index contributed by atoms with van der Waals surface area (Å²) < 4.78 is 0. The zero-order valence-electron chi connectivity index (χ0n) is 16.2. The molecule has 2 heterocycles. The third-order valence-corrected chi connectivity index (χ3v) is 5.73. The first kappa shape index (κ1) is 18.7. The fourth-order valence-corrected chi connectivity index (χ4v) is 4.23. The third kappa shape index (κ3) is 4.09. The first-order chi connectivity index (χ1) is 13.7. The van der Waals surface area contributed by atoms with Gasteiger partial charge in [0.05, 0.1) is 6.04 Å². The highest BCUT2D eigenvalue weighted by molar-refractivity contribution is 5.98. The highest BCUT2D eigenvalue weighted by Gasteiger charge is 2.35. The summed E-state index contributed by atoms with van der Waals surface area (Å²) in [5.41, 5.74) is 2.13. The molecule has 1 atom stereocenters. The summed E-state index contributed by atoms with van der Waals surface area (Å²) in [7, 11) is 0. The van der Waals surface area contributed by atoms with Crippen molar-refractivity contribution in [3.63, 3.8) is 0 Å². The second-order valence-corrected chi connectivity index (χ2v) is 7.61. The van der Waals surface area contributed by atoms with Crippen molar-refractivity contribution in [1.29, 1.82) is 0 Å². The molecular formula is C23H27N3O2. The molecule has 0 aliphatic carbocycles. The van der Waals surface area contributed by atoms with E-state index in [-0.39, 0.29) is 24.4 Å². The SMILES string of the molecule is O=C([C@H]1CCCCN1Cc1ccccc1)N1CCN(c2ccccc2)C(=O)C1. The molecular weight excluding hydrogens is 350 g/mol. The van der Waals surface area contributed by atoms with Crippen molar-refractivity contribution in [3.05, 3.63) is 66.2 Å². The van der Waals surface area contributed by atoms with E-state index in [9.17, 15) is 9.59 Å². The van der Waals surface area contributed by atoms with Crippen molar-refractivity contribution in [2.45, 2.75) is 31.8 Å². The topological polar surface area (TPSA) is 43.9 Å². The van der Waals surface area contributed by atoms with Crippen molar-refractivity contribution < 1.29 is 9.59 Å². The number of carbonyl (C=O) groups is 2. The second kappa shape index (κ2) is 8.57. The molecule has 2 amide bonds. The molecule has 2 aromatic rings. The molecule has 0 bridgehead atoms. The molecule has 0 aromatic heterocycles. The number of likely N-dealkylation sites (tertiary alicyclic amines) is 1. The monoisotopic (exact) mass is 377 g/mol. The van der Waals surface area contributed by atoms with Gasteiger partial charge in [-0.25, -0.2) is 0 Å².